The molecule has 2 rings (SSSR count). The van der Waals surface area contributed by atoms with Gasteiger partial charge in [0, 0.05) is 5.92 Å². The van der Waals surface area contributed by atoms with Crippen LogP contribution in [0.5, 0.6) is 0 Å². The van der Waals surface area contributed by atoms with Crippen molar-refractivity contribution < 1.29 is 14.3 Å². The molecule has 3 nitrogen and oxygen atoms in total. The Morgan fingerprint density at radius 1 is 1.50 bits per heavy atom. The van der Waals surface area contributed by atoms with E-state index in [4.69, 9.17) is 4.74 Å². The maximum Gasteiger partial charge on any atom is 0.165 e. The molecule has 1 saturated heterocycles. The molecule has 1 heterocycles. The van der Waals surface area contributed by atoms with Gasteiger partial charge in [0.05, 0.1) is 11.5 Å². The minimum atomic E-state index is -0.547. The fourth-order valence-corrected chi connectivity index (χ4v) is 2.64. The molecular formula is C11H14O3. The highest BCUT2D eigenvalue weighted by atomic mass is 16.5. The molecule has 0 amide bonds. The number of ketones is 2. The zero-order valence-electron chi connectivity index (χ0n) is 8.66. The molecule has 0 N–H and O–H groups in total. The fourth-order valence-electron chi connectivity index (χ4n) is 2.64. The quantitative estimate of drug-likeness (QED) is 0.580. The Kier molecular flexibility index (Phi) is 1.89. The molecule has 0 radical (unpaired) electrons. The minimum absolute atomic E-state index is 0.0529. The first-order valence-corrected chi connectivity index (χ1v) is 4.86. The van der Waals surface area contributed by atoms with Crippen molar-refractivity contribution in [2.45, 2.75) is 26.4 Å². The number of hydrogen-bond acceptors (Lipinski definition) is 3. The van der Waals surface area contributed by atoms with Crippen LogP contribution in [0.4, 0.5) is 0 Å². The van der Waals surface area contributed by atoms with Crippen LogP contribution >= 0.6 is 0 Å². The molecule has 0 aromatic heterocycles. The molecule has 0 saturated carbocycles. The number of allylic oxidation sites excluding steroid dienone is 1. The molecule has 1 aliphatic carbocycles. The molecule has 1 unspecified atom stereocenters. The molecule has 1 fully saturated rings. The van der Waals surface area contributed by atoms with Gasteiger partial charge in [-0.3, -0.25) is 9.59 Å². The van der Waals surface area contributed by atoms with Crippen LogP contribution in [-0.4, -0.2) is 23.8 Å². The summed E-state index contributed by atoms with van der Waals surface area (Å²) in [5, 5.41) is 0. The molecule has 0 aromatic carbocycles. The lowest BCUT2D eigenvalue weighted by Gasteiger charge is -2.34. The SMILES string of the molecule is CC1=C[C@@]2(C)OCC(=O)[C@H]2C(C)C1=O. The smallest absolute Gasteiger partial charge is 0.165 e. The van der Waals surface area contributed by atoms with Crippen molar-refractivity contribution in [2.75, 3.05) is 6.61 Å². The van der Waals surface area contributed by atoms with E-state index >= 15 is 0 Å². The summed E-state index contributed by atoms with van der Waals surface area (Å²) < 4.78 is 5.47. The minimum Gasteiger partial charge on any atom is -0.363 e. The predicted octanol–water partition coefficient (Wildman–Crippen LogP) is 1.13. The molecule has 0 bridgehead atoms. The normalized spacial score (nSPS) is 42.4. The van der Waals surface area contributed by atoms with E-state index in [9.17, 15) is 9.59 Å². The standard InChI is InChI=1S/C11H14O3/c1-6-4-11(3)9(7(2)10(6)13)8(12)5-14-11/h4,7,9H,5H2,1-3H3/t7?,9-,11-/m1/s1. The molecule has 76 valence electrons. The second-order valence-corrected chi connectivity index (χ2v) is 4.40. The summed E-state index contributed by atoms with van der Waals surface area (Å²) in [7, 11) is 0. The zero-order valence-corrected chi connectivity index (χ0v) is 8.66. The van der Waals surface area contributed by atoms with Gasteiger partial charge in [-0.2, -0.15) is 0 Å². The van der Waals surface area contributed by atoms with E-state index < -0.39 is 5.60 Å². The van der Waals surface area contributed by atoms with Crippen LogP contribution in [0, 0.1) is 11.8 Å². The Morgan fingerprint density at radius 2 is 2.14 bits per heavy atom. The maximum absolute atomic E-state index is 11.7. The van der Waals surface area contributed by atoms with Gasteiger partial charge < -0.3 is 4.74 Å². The molecule has 14 heavy (non-hydrogen) atoms. The fraction of sp³-hybridized carbons (Fsp3) is 0.636. The van der Waals surface area contributed by atoms with Gasteiger partial charge >= 0.3 is 0 Å². The summed E-state index contributed by atoms with van der Waals surface area (Å²) in [5.74, 6) is -0.387. The van der Waals surface area contributed by atoms with E-state index in [1.54, 1.807) is 13.0 Å². The van der Waals surface area contributed by atoms with Crippen molar-refractivity contribution in [3.05, 3.63) is 11.6 Å². The van der Waals surface area contributed by atoms with Gasteiger partial charge in [0.1, 0.15) is 6.61 Å². The summed E-state index contributed by atoms with van der Waals surface area (Å²) in [6.45, 7) is 5.62. The maximum atomic E-state index is 11.7. The van der Waals surface area contributed by atoms with Gasteiger partial charge in [0.15, 0.2) is 11.6 Å². The number of Topliss-reactive ketones (excluding diaryl/α,β-unsaturated/α-hetero) is 2. The van der Waals surface area contributed by atoms with E-state index in [1.165, 1.54) is 0 Å². The van der Waals surface area contributed by atoms with E-state index in [0.717, 1.165) is 0 Å². The van der Waals surface area contributed by atoms with Gasteiger partial charge in [-0.1, -0.05) is 6.92 Å². The first-order chi connectivity index (χ1) is 6.46. The average molecular weight is 194 g/mol. The second-order valence-electron chi connectivity index (χ2n) is 4.40. The van der Waals surface area contributed by atoms with E-state index in [-0.39, 0.29) is 30.0 Å². The van der Waals surface area contributed by atoms with Crippen LogP contribution in [0.15, 0.2) is 11.6 Å². The van der Waals surface area contributed by atoms with Crippen molar-refractivity contribution >= 4 is 11.6 Å². The predicted molar refractivity (Wildman–Crippen MR) is 50.8 cm³/mol. The third kappa shape index (κ3) is 1.08. The highest BCUT2D eigenvalue weighted by Crippen LogP contribution is 2.41. The molecule has 3 atom stereocenters. The Hall–Kier alpha value is -0.960. The van der Waals surface area contributed by atoms with Crippen LogP contribution in [0.25, 0.3) is 0 Å². The van der Waals surface area contributed by atoms with E-state index in [2.05, 4.69) is 0 Å². The van der Waals surface area contributed by atoms with Crippen molar-refractivity contribution in [3.8, 4) is 0 Å². The average Bonchev–Trinajstić information content (AvgIpc) is 2.39. The summed E-state index contributed by atoms with van der Waals surface area (Å²) in [5.41, 5.74) is 0.167. The van der Waals surface area contributed by atoms with Crippen molar-refractivity contribution in [3.63, 3.8) is 0 Å². The van der Waals surface area contributed by atoms with Gasteiger partial charge in [0.2, 0.25) is 0 Å². The Labute approximate surface area is 83.1 Å². The van der Waals surface area contributed by atoms with Crippen molar-refractivity contribution in [1.29, 1.82) is 0 Å². The van der Waals surface area contributed by atoms with Gasteiger partial charge in [-0.05, 0) is 25.5 Å². The second kappa shape index (κ2) is 2.76. The molecule has 0 spiro atoms. The Balaban J connectivity index is 2.49. The van der Waals surface area contributed by atoms with Crippen molar-refractivity contribution in [2.24, 2.45) is 11.8 Å². The Morgan fingerprint density at radius 3 is 2.79 bits per heavy atom. The largest absolute Gasteiger partial charge is 0.363 e. The van der Waals surface area contributed by atoms with Gasteiger partial charge in [-0.15, -0.1) is 0 Å². The number of fused-ring (bicyclic) bond motifs is 1. The summed E-state index contributed by atoms with van der Waals surface area (Å²) in [6, 6.07) is 0. The van der Waals surface area contributed by atoms with Crippen LogP contribution in [-0.2, 0) is 14.3 Å². The lowest BCUT2D eigenvalue weighted by atomic mass is 9.71. The highest BCUT2D eigenvalue weighted by molar-refractivity contribution is 6.02. The van der Waals surface area contributed by atoms with Crippen LogP contribution in [0.2, 0.25) is 0 Å². The van der Waals surface area contributed by atoms with Gasteiger partial charge in [0.25, 0.3) is 0 Å². The van der Waals surface area contributed by atoms with Crippen LogP contribution in [0.1, 0.15) is 20.8 Å². The summed E-state index contributed by atoms with van der Waals surface area (Å²) in [6.07, 6.45) is 1.80. The number of rotatable bonds is 0. The van der Waals surface area contributed by atoms with E-state index in [1.807, 2.05) is 13.8 Å². The van der Waals surface area contributed by atoms with Crippen LogP contribution < -0.4 is 0 Å². The lowest BCUT2D eigenvalue weighted by Crippen LogP contribution is -2.43. The number of hydrogen-bond donors (Lipinski definition) is 0. The first-order valence-electron chi connectivity index (χ1n) is 4.86. The Bertz CT molecular complexity index is 342. The third-order valence-electron chi connectivity index (χ3n) is 3.30. The monoisotopic (exact) mass is 194 g/mol. The molecular weight excluding hydrogens is 180 g/mol. The van der Waals surface area contributed by atoms with E-state index in [0.29, 0.717) is 5.57 Å². The lowest BCUT2D eigenvalue weighted by molar-refractivity contribution is -0.129. The number of ether oxygens (including phenoxy) is 1. The zero-order chi connectivity index (χ0) is 10.5. The number of carbonyl (C=O) groups is 2. The molecule has 0 aromatic rings. The summed E-state index contributed by atoms with van der Waals surface area (Å²) >= 11 is 0. The summed E-state index contributed by atoms with van der Waals surface area (Å²) in [4.78, 5) is 23.2. The highest BCUT2D eigenvalue weighted by Gasteiger charge is 2.52. The van der Waals surface area contributed by atoms with Crippen LogP contribution in [0.3, 0.4) is 0 Å². The molecule has 3 heteroatoms. The third-order valence-corrected chi connectivity index (χ3v) is 3.30. The first kappa shape index (κ1) is 9.59. The molecule has 2 aliphatic rings. The number of carbonyl (C=O) groups excluding carboxylic acids is 2. The van der Waals surface area contributed by atoms with Crippen molar-refractivity contribution in [1.82, 2.24) is 0 Å². The molecule has 1 aliphatic heterocycles. The topological polar surface area (TPSA) is 43.4 Å². The van der Waals surface area contributed by atoms with Gasteiger partial charge in [-0.25, -0.2) is 0 Å².